The van der Waals surface area contributed by atoms with Crippen molar-refractivity contribution in [3.05, 3.63) is 47.9 Å². The molecule has 0 saturated carbocycles. The molecule has 19 heavy (non-hydrogen) atoms. The first-order valence-corrected chi connectivity index (χ1v) is 6.95. The molecule has 1 fully saturated rings. The summed E-state index contributed by atoms with van der Waals surface area (Å²) < 4.78 is 5.48. The van der Waals surface area contributed by atoms with Crippen molar-refractivity contribution < 1.29 is 4.42 Å². The minimum Gasteiger partial charge on any atom is -0.467 e. The maximum atomic E-state index is 5.48. The van der Waals surface area contributed by atoms with Gasteiger partial charge in [0.25, 0.3) is 0 Å². The minimum absolute atomic E-state index is 0.740. The summed E-state index contributed by atoms with van der Waals surface area (Å²) in [7, 11) is 0. The van der Waals surface area contributed by atoms with E-state index in [2.05, 4.69) is 41.4 Å². The van der Waals surface area contributed by atoms with Crippen molar-refractivity contribution in [1.82, 2.24) is 0 Å². The average Bonchev–Trinajstić information content (AvgIpc) is 3.08. The lowest BCUT2D eigenvalue weighted by Gasteiger charge is -2.21. The number of furan rings is 1. The first kappa shape index (κ1) is 12.2. The van der Waals surface area contributed by atoms with Crippen LogP contribution in [0.1, 0.15) is 24.2 Å². The predicted octanol–water partition coefficient (Wildman–Crippen LogP) is 3.80. The van der Waals surface area contributed by atoms with Gasteiger partial charge in [-0.05, 0) is 43.5 Å². The minimum atomic E-state index is 0.740. The quantitative estimate of drug-likeness (QED) is 0.902. The van der Waals surface area contributed by atoms with E-state index in [1.54, 1.807) is 6.26 Å². The van der Waals surface area contributed by atoms with Gasteiger partial charge in [-0.25, -0.2) is 0 Å². The van der Waals surface area contributed by atoms with E-state index in [9.17, 15) is 0 Å². The van der Waals surface area contributed by atoms with Crippen LogP contribution in [0.3, 0.4) is 0 Å². The van der Waals surface area contributed by atoms with Gasteiger partial charge >= 0.3 is 0 Å². The Balaban J connectivity index is 1.75. The molecule has 0 unspecified atom stereocenters. The molecule has 100 valence electrons. The second-order valence-corrected chi connectivity index (χ2v) is 5.09. The number of hydrogen-bond donors (Lipinski definition) is 1. The van der Waals surface area contributed by atoms with Crippen LogP contribution in [0.25, 0.3) is 0 Å². The maximum Gasteiger partial charge on any atom is 0.125 e. The SMILES string of the molecule is Cc1ccoc1CNc1ccccc1N1CCCC1. The van der Waals surface area contributed by atoms with Crippen LogP contribution in [0, 0.1) is 6.92 Å². The molecule has 2 aromatic rings. The number of para-hydroxylation sites is 2. The smallest absolute Gasteiger partial charge is 0.125 e. The summed E-state index contributed by atoms with van der Waals surface area (Å²) in [6.07, 6.45) is 4.34. The van der Waals surface area contributed by atoms with Crippen molar-refractivity contribution in [3.63, 3.8) is 0 Å². The fourth-order valence-corrected chi connectivity index (χ4v) is 2.62. The van der Waals surface area contributed by atoms with E-state index < -0.39 is 0 Å². The molecular weight excluding hydrogens is 236 g/mol. The van der Waals surface area contributed by atoms with Crippen molar-refractivity contribution in [2.45, 2.75) is 26.3 Å². The fraction of sp³-hybridized carbons (Fsp3) is 0.375. The van der Waals surface area contributed by atoms with E-state index in [0.717, 1.165) is 12.3 Å². The summed E-state index contributed by atoms with van der Waals surface area (Å²) in [4.78, 5) is 2.46. The van der Waals surface area contributed by atoms with Crippen LogP contribution in [0.5, 0.6) is 0 Å². The molecule has 0 radical (unpaired) electrons. The van der Waals surface area contributed by atoms with Gasteiger partial charge in [-0.2, -0.15) is 0 Å². The molecule has 1 N–H and O–H groups in total. The average molecular weight is 256 g/mol. The van der Waals surface area contributed by atoms with Crippen molar-refractivity contribution in [2.75, 3.05) is 23.3 Å². The highest BCUT2D eigenvalue weighted by atomic mass is 16.3. The monoisotopic (exact) mass is 256 g/mol. The number of nitrogens with zero attached hydrogens (tertiary/aromatic N) is 1. The summed E-state index contributed by atoms with van der Waals surface area (Å²) in [5, 5.41) is 3.50. The van der Waals surface area contributed by atoms with Gasteiger partial charge in [0.15, 0.2) is 0 Å². The Hall–Kier alpha value is -1.90. The van der Waals surface area contributed by atoms with Gasteiger partial charge in [0.05, 0.1) is 24.2 Å². The van der Waals surface area contributed by atoms with Crippen LogP contribution < -0.4 is 10.2 Å². The van der Waals surface area contributed by atoms with E-state index in [1.807, 2.05) is 6.07 Å². The molecule has 0 amide bonds. The van der Waals surface area contributed by atoms with Gasteiger partial charge in [0.1, 0.15) is 5.76 Å². The Morgan fingerprint density at radius 3 is 2.68 bits per heavy atom. The van der Waals surface area contributed by atoms with Crippen LogP contribution in [-0.4, -0.2) is 13.1 Å². The Labute approximate surface area is 114 Å². The Bertz CT molecular complexity index is 541. The summed E-state index contributed by atoms with van der Waals surface area (Å²) in [6.45, 7) is 5.15. The lowest BCUT2D eigenvalue weighted by Crippen LogP contribution is -2.19. The van der Waals surface area contributed by atoms with Gasteiger partial charge in [-0.1, -0.05) is 12.1 Å². The molecule has 3 heteroatoms. The molecule has 1 aliphatic rings. The van der Waals surface area contributed by atoms with Crippen molar-refractivity contribution in [2.24, 2.45) is 0 Å². The molecule has 1 aliphatic heterocycles. The third-order valence-electron chi connectivity index (χ3n) is 3.76. The largest absolute Gasteiger partial charge is 0.467 e. The van der Waals surface area contributed by atoms with Gasteiger partial charge in [-0.3, -0.25) is 0 Å². The number of anilines is 2. The zero-order valence-corrected chi connectivity index (χ0v) is 11.4. The zero-order valence-electron chi connectivity index (χ0n) is 11.4. The number of rotatable bonds is 4. The molecule has 0 bridgehead atoms. The van der Waals surface area contributed by atoms with Gasteiger partial charge in [-0.15, -0.1) is 0 Å². The van der Waals surface area contributed by atoms with Crippen LogP contribution in [-0.2, 0) is 6.54 Å². The van der Waals surface area contributed by atoms with Crippen molar-refractivity contribution in [1.29, 1.82) is 0 Å². The summed E-state index contributed by atoms with van der Waals surface area (Å²) in [5.41, 5.74) is 3.70. The third kappa shape index (κ3) is 2.60. The molecule has 3 nitrogen and oxygen atoms in total. The van der Waals surface area contributed by atoms with Crippen molar-refractivity contribution in [3.8, 4) is 0 Å². The second kappa shape index (κ2) is 5.39. The molecule has 2 heterocycles. The van der Waals surface area contributed by atoms with E-state index >= 15 is 0 Å². The number of benzene rings is 1. The highest BCUT2D eigenvalue weighted by molar-refractivity contribution is 5.70. The van der Waals surface area contributed by atoms with Crippen molar-refractivity contribution >= 4 is 11.4 Å². The summed E-state index contributed by atoms with van der Waals surface area (Å²) in [5.74, 6) is 1.01. The van der Waals surface area contributed by atoms with Crippen LogP contribution >= 0.6 is 0 Å². The Kier molecular flexibility index (Phi) is 3.45. The third-order valence-corrected chi connectivity index (χ3v) is 3.76. The van der Waals surface area contributed by atoms with Gasteiger partial charge in [0.2, 0.25) is 0 Å². The van der Waals surface area contributed by atoms with Crippen LogP contribution in [0.4, 0.5) is 11.4 Å². The van der Waals surface area contributed by atoms with Crippen LogP contribution in [0.15, 0.2) is 41.0 Å². The second-order valence-electron chi connectivity index (χ2n) is 5.09. The van der Waals surface area contributed by atoms with Gasteiger partial charge < -0.3 is 14.6 Å². The lowest BCUT2D eigenvalue weighted by molar-refractivity contribution is 0.515. The Morgan fingerprint density at radius 1 is 1.16 bits per heavy atom. The normalized spacial score (nSPS) is 14.9. The molecule has 0 aliphatic carbocycles. The predicted molar refractivity (Wildman–Crippen MR) is 78.7 cm³/mol. The molecule has 0 spiro atoms. The van der Waals surface area contributed by atoms with Crippen LogP contribution in [0.2, 0.25) is 0 Å². The summed E-state index contributed by atoms with van der Waals surface area (Å²) in [6, 6.07) is 10.5. The topological polar surface area (TPSA) is 28.4 Å². The van der Waals surface area contributed by atoms with E-state index in [-0.39, 0.29) is 0 Å². The van der Waals surface area contributed by atoms with E-state index in [0.29, 0.717) is 0 Å². The first-order valence-electron chi connectivity index (χ1n) is 6.95. The van der Waals surface area contributed by atoms with E-state index in [1.165, 1.54) is 42.9 Å². The number of aryl methyl sites for hydroxylation is 1. The summed E-state index contributed by atoms with van der Waals surface area (Å²) >= 11 is 0. The molecule has 3 rings (SSSR count). The molecular formula is C16H20N2O. The Morgan fingerprint density at radius 2 is 1.95 bits per heavy atom. The zero-order chi connectivity index (χ0) is 13.1. The maximum absolute atomic E-state index is 5.48. The molecule has 1 saturated heterocycles. The molecule has 1 aromatic carbocycles. The molecule has 1 aromatic heterocycles. The standard InChI is InChI=1S/C16H20N2O/c1-13-8-11-19-16(13)12-17-14-6-2-3-7-15(14)18-9-4-5-10-18/h2-3,6-8,11,17H,4-5,9-10,12H2,1H3. The van der Waals surface area contributed by atoms with Gasteiger partial charge in [0, 0.05) is 13.1 Å². The lowest BCUT2D eigenvalue weighted by atomic mass is 10.2. The number of nitrogens with one attached hydrogen (secondary N) is 1. The number of hydrogen-bond acceptors (Lipinski definition) is 3. The first-order chi connectivity index (χ1) is 9.34. The molecule has 0 atom stereocenters. The highest BCUT2D eigenvalue weighted by Gasteiger charge is 2.15. The fourth-order valence-electron chi connectivity index (χ4n) is 2.62. The van der Waals surface area contributed by atoms with E-state index in [4.69, 9.17) is 4.42 Å². The highest BCUT2D eigenvalue weighted by Crippen LogP contribution is 2.29.